The number of hydrogen-bond donors (Lipinski definition) is 1. The van der Waals surface area contributed by atoms with E-state index in [1.165, 1.54) is 0 Å². The molecule has 0 aromatic heterocycles. The Hall–Kier alpha value is -3.09. The Kier molecular flexibility index (Phi) is 7.87. The van der Waals surface area contributed by atoms with E-state index in [-0.39, 0.29) is 11.8 Å². The Morgan fingerprint density at radius 2 is 1.58 bits per heavy atom. The highest BCUT2D eigenvalue weighted by molar-refractivity contribution is 7.98. The number of rotatable bonds is 8. The van der Waals surface area contributed by atoms with Crippen molar-refractivity contribution in [2.45, 2.75) is 11.4 Å². The van der Waals surface area contributed by atoms with Crippen LogP contribution in [0, 0.1) is 0 Å². The molecule has 160 valence electrons. The summed E-state index contributed by atoms with van der Waals surface area (Å²) in [7, 11) is 3.86. The summed E-state index contributed by atoms with van der Waals surface area (Å²) < 4.78 is 0. The summed E-state index contributed by atoms with van der Waals surface area (Å²) in [6.45, 7) is 0.818. The van der Waals surface area contributed by atoms with Crippen molar-refractivity contribution >= 4 is 29.3 Å². The molecule has 0 atom stereocenters. The first-order chi connectivity index (χ1) is 15.0. The average Bonchev–Trinajstić information content (AvgIpc) is 2.81. The van der Waals surface area contributed by atoms with Crippen LogP contribution in [0.4, 0.5) is 5.69 Å². The lowest BCUT2D eigenvalue weighted by Crippen LogP contribution is -2.38. The highest BCUT2D eigenvalue weighted by atomic mass is 32.2. The molecule has 31 heavy (non-hydrogen) atoms. The third-order valence-corrected chi connectivity index (χ3v) is 5.42. The Bertz CT molecular complexity index is 1040. The Balaban J connectivity index is 1.73. The number of benzene rings is 3. The smallest absolute Gasteiger partial charge is 0.259 e. The fraction of sp³-hybridized carbons (Fsp3) is 0.200. The van der Waals surface area contributed by atoms with Gasteiger partial charge in [0.25, 0.3) is 11.8 Å². The molecule has 0 unspecified atom stereocenters. The van der Waals surface area contributed by atoms with Crippen molar-refractivity contribution in [1.82, 2.24) is 10.2 Å². The molecule has 0 fully saturated rings. The molecule has 6 heteroatoms. The molecule has 3 aromatic rings. The predicted molar refractivity (Wildman–Crippen MR) is 128 cm³/mol. The van der Waals surface area contributed by atoms with E-state index in [9.17, 15) is 9.59 Å². The average molecular weight is 434 g/mol. The molecule has 0 aliphatic carbocycles. The van der Waals surface area contributed by atoms with Crippen LogP contribution >= 0.6 is 11.8 Å². The third kappa shape index (κ3) is 6.20. The van der Waals surface area contributed by atoms with Gasteiger partial charge in [0, 0.05) is 28.3 Å². The van der Waals surface area contributed by atoms with Crippen LogP contribution in [0.25, 0.3) is 0 Å². The summed E-state index contributed by atoms with van der Waals surface area (Å²) in [6.07, 6.45) is 1.98. The van der Waals surface area contributed by atoms with Crippen molar-refractivity contribution in [2.24, 2.45) is 0 Å². The van der Waals surface area contributed by atoms with Crippen molar-refractivity contribution < 1.29 is 9.59 Å². The van der Waals surface area contributed by atoms with Crippen LogP contribution in [-0.2, 0) is 6.54 Å². The van der Waals surface area contributed by atoms with Crippen LogP contribution in [-0.4, -0.2) is 43.7 Å². The minimum atomic E-state index is -0.133. The number of amides is 2. The van der Waals surface area contributed by atoms with Crippen LogP contribution in [0.5, 0.6) is 0 Å². The number of carbonyl (C=O) groups is 2. The van der Waals surface area contributed by atoms with Gasteiger partial charge in [-0.15, -0.1) is 11.8 Å². The zero-order chi connectivity index (χ0) is 22.2. The predicted octanol–water partition coefficient (Wildman–Crippen LogP) is 4.50. The van der Waals surface area contributed by atoms with E-state index in [0.29, 0.717) is 24.3 Å². The maximum Gasteiger partial charge on any atom is 0.259 e. The number of hydrogen-bond acceptors (Lipinski definition) is 4. The minimum absolute atomic E-state index is 0.0826. The van der Waals surface area contributed by atoms with Crippen molar-refractivity contribution in [3.63, 3.8) is 0 Å². The van der Waals surface area contributed by atoms with Crippen molar-refractivity contribution in [1.29, 1.82) is 0 Å². The topological polar surface area (TPSA) is 52.7 Å². The second kappa shape index (κ2) is 10.8. The molecule has 0 aliphatic rings. The molecular formula is C25H27N3O2S. The lowest BCUT2D eigenvalue weighted by molar-refractivity contribution is 0.0949. The van der Waals surface area contributed by atoms with Gasteiger partial charge in [0.1, 0.15) is 0 Å². The fourth-order valence-electron chi connectivity index (χ4n) is 3.17. The second-order valence-corrected chi connectivity index (χ2v) is 8.28. The molecule has 0 bridgehead atoms. The standard InChI is InChI=1S/C25H27N3O2S/c1-27(2)18-28(22-12-5-4-6-13-22)25(30)21-11-7-9-19(15-21)17-26-24(29)20-10-8-14-23(16-20)31-3/h4-16H,17-18H2,1-3H3,(H,26,29). The van der Waals surface area contributed by atoms with E-state index in [4.69, 9.17) is 0 Å². The molecule has 2 amide bonds. The van der Waals surface area contributed by atoms with E-state index in [2.05, 4.69) is 5.32 Å². The Labute approximate surface area is 188 Å². The molecular weight excluding hydrogens is 406 g/mol. The van der Waals surface area contributed by atoms with E-state index in [0.717, 1.165) is 16.1 Å². The number of thioether (sulfide) groups is 1. The monoisotopic (exact) mass is 433 g/mol. The fourth-order valence-corrected chi connectivity index (χ4v) is 3.63. The molecule has 3 aromatic carbocycles. The summed E-state index contributed by atoms with van der Waals surface area (Å²) in [6, 6.07) is 24.6. The summed E-state index contributed by atoms with van der Waals surface area (Å²) in [5.41, 5.74) is 2.92. The molecule has 3 rings (SSSR count). The van der Waals surface area contributed by atoms with Gasteiger partial charge >= 0.3 is 0 Å². The van der Waals surface area contributed by atoms with Gasteiger partial charge in [-0.05, 0) is 68.4 Å². The van der Waals surface area contributed by atoms with Crippen molar-refractivity contribution in [3.8, 4) is 0 Å². The first kappa shape index (κ1) is 22.6. The van der Waals surface area contributed by atoms with Crippen LogP contribution in [0.15, 0.2) is 83.8 Å². The Morgan fingerprint density at radius 3 is 2.29 bits per heavy atom. The van der Waals surface area contributed by atoms with Crippen molar-refractivity contribution in [3.05, 3.63) is 95.6 Å². The molecule has 0 saturated carbocycles. The normalized spacial score (nSPS) is 10.7. The maximum absolute atomic E-state index is 13.3. The van der Waals surface area contributed by atoms with Gasteiger partial charge in [0.05, 0.1) is 6.67 Å². The van der Waals surface area contributed by atoms with Crippen LogP contribution in [0.3, 0.4) is 0 Å². The number of para-hydroxylation sites is 1. The maximum atomic E-state index is 13.3. The zero-order valence-electron chi connectivity index (χ0n) is 18.0. The van der Waals surface area contributed by atoms with Gasteiger partial charge in [-0.25, -0.2) is 0 Å². The minimum Gasteiger partial charge on any atom is -0.348 e. The van der Waals surface area contributed by atoms with E-state index in [1.54, 1.807) is 28.8 Å². The highest BCUT2D eigenvalue weighted by Gasteiger charge is 2.18. The number of nitrogens with zero attached hydrogens (tertiary/aromatic N) is 2. The van der Waals surface area contributed by atoms with Gasteiger partial charge in [0.15, 0.2) is 0 Å². The first-order valence-corrected chi connectivity index (χ1v) is 11.2. The number of carbonyl (C=O) groups excluding carboxylic acids is 2. The van der Waals surface area contributed by atoms with Gasteiger partial charge in [0.2, 0.25) is 0 Å². The summed E-state index contributed by atoms with van der Waals surface area (Å²) >= 11 is 1.60. The molecule has 0 saturated heterocycles. The van der Waals surface area contributed by atoms with Gasteiger partial charge < -0.3 is 5.32 Å². The van der Waals surface area contributed by atoms with E-state index < -0.39 is 0 Å². The van der Waals surface area contributed by atoms with E-state index in [1.807, 2.05) is 92.0 Å². The van der Waals surface area contributed by atoms with Crippen LogP contribution < -0.4 is 10.2 Å². The molecule has 0 spiro atoms. The zero-order valence-corrected chi connectivity index (χ0v) is 18.9. The largest absolute Gasteiger partial charge is 0.348 e. The summed E-state index contributed by atoms with van der Waals surface area (Å²) in [5.74, 6) is -0.216. The SMILES string of the molecule is CSc1cccc(C(=O)NCc2cccc(C(=O)N(CN(C)C)c3ccccc3)c2)c1. The lowest BCUT2D eigenvalue weighted by Gasteiger charge is -2.26. The molecule has 0 heterocycles. The van der Waals surface area contributed by atoms with Crippen LogP contribution in [0.1, 0.15) is 26.3 Å². The Morgan fingerprint density at radius 1 is 0.871 bits per heavy atom. The highest BCUT2D eigenvalue weighted by Crippen LogP contribution is 2.18. The van der Waals surface area contributed by atoms with Gasteiger partial charge in [-0.3, -0.25) is 19.4 Å². The molecule has 1 N–H and O–H groups in total. The van der Waals surface area contributed by atoms with E-state index >= 15 is 0 Å². The lowest BCUT2D eigenvalue weighted by atomic mass is 10.1. The van der Waals surface area contributed by atoms with Crippen LogP contribution in [0.2, 0.25) is 0 Å². The molecule has 0 radical (unpaired) electrons. The quantitative estimate of drug-likeness (QED) is 0.420. The molecule has 5 nitrogen and oxygen atoms in total. The second-order valence-electron chi connectivity index (χ2n) is 7.40. The van der Waals surface area contributed by atoms with Gasteiger partial charge in [-0.1, -0.05) is 36.4 Å². The molecule has 0 aliphatic heterocycles. The first-order valence-electron chi connectivity index (χ1n) is 10.0. The third-order valence-electron chi connectivity index (χ3n) is 4.70. The van der Waals surface area contributed by atoms with Crippen molar-refractivity contribution in [2.75, 3.05) is 31.9 Å². The summed E-state index contributed by atoms with van der Waals surface area (Å²) in [4.78, 5) is 30.5. The summed E-state index contributed by atoms with van der Waals surface area (Å²) in [5, 5.41) is 2.94. The van der Waals surface area contributed by atoms with Gasteiger partial charge in [-0.2, -0.15) is 0 Å². The number of nitrogens with one attached hydrogen (secondary N) is 1. The number of anilines is 1.